The Balaban J connectivity index is 3.06. The highest BCUT2D eigenvalue weighted by Gasteiger charge is 2.26. The lowest BCUT2D eigenvalue weighted by molar-refractivity contribution is 0.0596. The van der Waals surface area contributed by atoms with Gasteiger partial charge in [-0.05, 0) is 18.6 Å². The van der Waals surface area contributed by atoms with Crippen LogP contribution in [0.2, 0.25) is 0 Å². The molecule has 0 radical (unpaired) electrons. The van der Waals surface area contributed by atoms with Crippen molar-refractivity contribution in [3.63, 3.8) is 0 Å². The van der Waals surface area contributed by atoms with Crippen LogP contribution in [0.1, 0.15) is 36.5 Å². The summed E-state index contributed by atoms with van der Waals surface area (Å²) in [5.41, 5.74) is 0.0670. The molecule has 1 aromatic carbocycles. The van der Waals surface area contributed by atoms with Gasteiger partial charge in [-0.25, -0.2) is 17.5 Å². The fourth-order valence-electron chi connectivity index (χ4n) is 1.84. The van der Waals surface area contributed by atoms with E-state index in [2.05, 4.69) is 11.7 Å². The van der Waals surface area contributed by atoms with Gasteiger partial charge in [-0.15, -0.1) is 0 Å². The molecule has 0 spiro atoms. The lowest BCUT2D eigenvalue weighted by Gasteiger charge is -2.18. The summed E-state index contributed by atoms with van der Waals surface area (Å²) in [6, 6.07) is 6.10. The summed E-state index contributed by atoms with van der Waals surface area (Å²) in [4.78, 5) is 11.7. The van der Waals surface area contributed by atoms with Crippen LogP contribution in [0, 0.1) is 0 Å². The Bertz CT molecular complexity index is 554. The van der Waals surface area contributed by atoms with E-state index in [1.165, 1.54) is 30.6 Å². The van der Waals surface area contributed by atoms with Crippen molar-refractivity contribution in [1.82, 2.24) is 4.31 Å². The van der Waals surface area contributed by atoms with E-state index in [1.54, 1.807) is 12.1 Å². The first-order valence-corrected chi connectivity index (χ1v) is 8.02. The number of esters is 1. The van der Waals surface area contributed by atoms with Gasteiger partial charge in [-0.3, -0.25) is 0 Å². The Hall–Kier alpha value is -1.40. The monoisotopic (exact) mass is 299 g/mol. The molecule has 0 aliphatic carbocycles. The van der Waals surface area contributed by atoms with Crippen LogP contribution in [0.15, 0.2) is 29.2 Å². The Labute approximate surface area is 120 Å². The summed E-state index contributed by atoms with van der Waals surface area (Å²) in [6.45, 7) is 2.49. The number of hydrogen-bond donors (Lipinski definition) is 0. The molecule has 0 atom stereocenters. The number of hydrogen-bond acceptors (Lipinski definition) is 4. The molecule has 0 N–H and O–H groups in total. The van der Waals surface area contributed by atoms with E-state index < -0.39 is 16.0 Å². The van der Waals surface area contributed by atoms with E-state index in [4.69, 9.17) is 0 Å². The van der Waals surface area contributed by atoms with Gasteiger partial charge in [0, 0.05) is 13.6 Å². The van der Waals surface area contributed by atoms with Crippen molar-refractivity contribution in [2.24, 2.45) is 0 Å². The number of carbonyl (C=O) groups excluding carboxylic acids is 1. The Morgan fingerprint density at radius 2 is 1.90 bits per heavy atom. The van der Waals surface area contributed by atoms with Gasteiger partial charge in [-0.1, -0.05) is 31.9 Å². The molecule has 0 aromatic heterocycles. The zero-order valence-corrected chi connectivity index (χ0v) is 12.9. The molecule has 112 valence electrons. The van der Waals surface area contributed by atoms with Gasteiger partial charge >= 0.3 is 5.97 Å². The molecular formula is C14H21NO4S. The van der Waals surface area contributed by atoms with Crippen LogP contribution in [-0.4, -0.2) is 39.4 Å². The number of unbranched alkanes of at least 4 members (excludes halogenated alkanes) is 2. The van der Waals surface area contributed by atoms with Gasteiger partial charge in [0.15, 0.2) is 0 Å². The van der Waals surface area contributed by atoms with E-state index >= 15 is 0 Å². The van der Waals surface area contributed by atoms with E-state index in [1.807, 2.05) is 0 Å². The minimum atomic E-state index is -3.67. The fourth-order valence-corrected chi connectivity index (χ4v) is 3.23. The van der Waals surface area contributed by atoms with Gasteiger partial charge in [0.05, 0.1) is 17.6 Å². The van der Waals surface area contributed by atoms with Crippen LogP contribution in [0.3, 0.4) is 0 Å². The molecule has 5 nitrogen and oxygen atoms in total. The number of sulfonamides is 1. The number of methoxy groups -OCH3 is 1. The number of benzene rings is 1. The van der Waals surface area contributed by atoms with Crippen LogP contribution in [0.4, 0.5) is 0 Å². The van der Waals surface area contributed by atoms with Gasteiger partial charge < -0.3 is 4.74 Å². The van der Waals surface area contributed by atoms with Crippen LogP contribution in [-0.2, 0) is 14.8 Å². The Morgan fingerprint density at radius 3 is 2.50 bits per heavy atom. The minimum absolute atomic E-state index is 0.00847. The first kappa shape index (κ1) is 16.7. The Morgan fingerprint density at radius 1 is 1.25 bits per heavy atom. The van der Waals surface area contributed by atoms with Crippen LogP contribution < -0.4 is 0 Å². The first-order chi connectivity index (χ1) is 9.45. The highest BCUT2D eigenvalue weighted by molar-refractivity contribution is 7.89. The zero-order chi connectivity index (χ0) is 15.2. The van der Waals surface area contributed by atoms with Crippen LogP contribution in [0.5, 0.6) is 0 Å². The second-order valence-electron chi connectivity index (χ2n) is 4.52. The van der Waals surface area contributed by atoms with Crippen molar-refractivity contribution < 1.29 is 17.9 Å². The van der Waals surface area contributed by atoms with Crippen molar-refractivity contribution in [2.45, 2.75) is 31.1 Å². The summed E-state index contributed by atoms with van der Waals surface area (Å²) in [5, 5.41) is 0. The van der Waals surface area contributed by atoms with Crippen molar-refractivity contribution in [2.75, 3.05) is 20.7 Å². The molecule has 0 amide bonds. The second-order valence-corrected chi connectivity index (χ2v) is 6.53. The molecule has 1 rings (SSSR count). The van der Waals surface area contributed by atoms with Crippen molar-refractivity contribution in [3.8, 4) is 0 Å². The Kier molecular flexibility index (Phi) is 6.16. The second kappa shape index (κ2) is 7.40. The molecule has 1 aromatic rings. The van der Waals surface area contributed by atoms with Gasteiger partial charge in [0.1, 0.15) is 0 Å². The molecule has 0 heterocycles. The molecule has 0 bridgehead atoms. The average molecular weight is 299 g/mol. The predicted octanol–water partition coefficient (Wildman–Crippen LogP) is 2.28. The number of nitrogens with zero attached hydrogens (tertiary/aromatic N) is 1. The molecule has 0 saturated carbocycles. The van der Waals surface area contributed by atoms with Gasteiger partial charge in [-0.2, -0.15) is 0 Å². The molecule has 0 saturated heterocycles. The molecule has 0 unspecified atom stereocenters. The third kappa shape index (κ3) is 3.80. The SMILES string of the molecule is CCCCCN(C)S(=O)(=O)c1ccccc1C(=O)OC. The fraction of sp³-hybridized carbons (Fsp3) is 0.500. The third-order valence-electron chi connectivity index (χ3n) is 3.06. The standard InChI is InChI=1S/C14H21NO4S/c1-4-5-8-11-15(2)20(17,18)13-10-7-6-9-12(13)14(16)19-3/h6-7,9-10H,4-5,8,11H2,1-3H3. The van der Waals surface area contributed by atoms with Crippen molar-refractivity contribution in [1.29, 1.82) is 0 Å². The highest BCUT2D eigenvalue weighted by atomic mass is 32.2. The van der Waals surface area contributed by atoms with Crippen LogP contribution >= 0.6 is 0 Å². The smallest absolute Gasteiger partial charge is 0.339 e. The third-order valence-corrected chi connectivity index (χ3v) is 4.97. The minimum Gasteiger partial charge on any atom is -0.465 e. The highest BCUT2D eigenvalue weighted by Crippen LogP contribution is 2.20. The topological polar surface area (TPSA) is 63.7 Å². The van der Waals surface area contributed by atoms with Crippen LogP contribution in [0.25, 0.3) is 0 Å². The molecule has 0 aliphatic heterocycles. The quantitative estimate of drug-likeness (QED) is 0.572. The van der Waals surface area contributed by atoms with Crippen molar-refractivity contribution >= 4 is 16.0 Å². The molecule has 0 fully saturated rings. The maximum absolute atomic E-state index is 12.5. The van der Waals surface area contributed by atoms with Crippen molar-refractivity contribution in [3.05, 3.63) is 29.8 Å². The first-order valence-electron chi connectivity index (χ1n) is 6.58. The van der Waals surface area contributed by atoms with E-state index in [9.17, 15) is 13.2 Å². The molecule has 20 heavy (non-hydrogen) atoms. The summed E-state index contributed by atoms with van der Waals surface area (Å²) < 4.78 is 30.9. The van der Waals surface area contributed by atoms with E-state index in [0.717, 1.165) is 19.3 Å². The predicted molar refractivity (Wildman–Crippen MR) is 77.1 cm³/mol. The maximum atomic E-state index is 12.5. The lowest BCUT2D eigenvalue weighted by Crippen LogP contribution is -2.29. The van der Waals surface area contributed by atoms with Gasteiger partial charge in [0.2, 0.25) is 10.0 Å². The van der Waals surface area contributed by atoms with E-state index in [0.29, 0.717) is 6.54 Å². The number of rotatable bonds is 7. The van der Waals surface area contributed by atoms with E-state index in [-0.39, 0.29) is 10.5 Å². The number of ether oxygens (including phenoxy) is 1. The summed E-state index contributed by atoms with van der Waals surface area (Å²) in [7, 11) is -0.913. The summed E-state index contributed by atoms with van der Waals surface area (Å²) in [6.07, 6.45) is 2.79. The lowest BCUT2D eigenvalue weighted by atomic mass is 10.2. The maximum Gasteiger partial charge on any atom is 0.339 e. The number of carbonyl (C=O) groups is 1. The zero-order valence-electron chi connectivity index (χ0n) is 12.1. The summed E-state index contributed by atoms with van der Waals surface area (Å²) >= 11 is 0. The summed E-state index contributed by atoms with van der Waals surface area (Å²) in [5.74, 6) is -0.647. The van der Waals surface area contributed by atoms with Gasteiger partial charge in [0.25, 0.3) is 0 Å². The molecule has 6 heteroatoms. The normalized spacial score (nSPS) is 11.6. The molecule has 0 aliphatic rings. The largest absolute Gasteiger partial charge is 0.465 e. The average Bonchev–Trinajstić information content (AvgIpc) is 2.46. The molecular weight excluding hydrogens is 278 g/mol.